The third-order valence-corrected chi connectivity index (χ3v) is 6.06. The average molecular weight is 419 g/mol. The van der Waals surface area contributed by atoms with Crippen LogP contribution in [0, 0.1) is 0 Å². The Morgan fingerprint density at radius 1 is 1.07 bits per heavy atom. The number of sulfonamides is 1. The van der Waals surface area contributed by atoms with Gasteiger partial charge in [0.15, 0.2) is 0 Å². The minimum atomic E-state index is -3.71. The van der Waals surface area contributed by atoms with Crippen molar-refractivity contribution in [1.82, 2.24) is 0 Å². The van der Waals surface area contributed by atoms with Crippen LogP contribution in [0.4, 0.5) is 11.4 Å². The van der Waals surface area contributed by atoms with E-state index < -0.39 is 16.1 Å². The van der Waals surface area contributed by atoms with Gasteiger partial charge in [0, 0.05) is 11.8 Å². The summed E-state index contributed by atoms with van der Waals surface area (Å²) >= 11 is 0. The van der Waals surface area contributed by atoms with Crippen molar-refractivity contribution >= 4 is 27.3 Å². The van der Waals surface area contributed by atoms with Crippen molar-refractivity contribution in [2.45, 2.75) is 46.1 Å². The summed E-state index contributed by atoms with van der Waals surface area (Å²) in [5.74, 6) is 0.173. The van der Waals surface area contributed by atoms with Crippen LogP contribution in [0.1, 0.15) is 38.3 Å². The lowest BCUT2D eigenvalue weighted by Crippen LogP contribution is -2.47. The number of rotatable bonds is 9. The maximum atomic E-state index is 13.2. The van der Waals surface area contributed by atoms with Crippen molar-refractivity contribution in [1.29, 1.82) is 0 Å². The molecule has 2 aromatic rings. The molecular weight excluding hydrogens is 388 g/mol. The van der Waals surface area contributed by atoms with Gasteiger partial charge in [-0.2, -0.15) is 0 Å². The normalized spacial score (nSPS) is 12.3. The first-order chi connectivity index (χ1) is 13.8. The van der Waals surface area contributed by atoms with Gasteiger partial charge in [-0.3, -0.25) is 9.10 Å². The Labute approximate surface area is 173 Å². The maximum Gasteiger partial charge on any atom is 0.248 e. The van der Waals surface area contributed by atoms with Crippen LogP contribution in [-0.2, 0) is 27.7 Å². The largest absolute Gasteiger partial charge is 0.497 e. The molecule has 1 N–H and O–H groups in total. The number of methoxy groups -OCH3 is 1. The molecular formula is C22H30N2O4S. The second-order valence-electron chi connectivity index (χ2n) is 6.83. The Morgan fingerprint density at radius 2 is 1.66 bits per heavy atom. The zero-order chi connectivity index (χ0) is 21.6. The molecule has 0 spiro atoms. The molecule has 0 fully saturated rings. The predicted molar refractivity (Wildman–Crippen MR) is 118 cm³/mol. The third kappa shape index (κ3) is 5.29. The molecule has 29 heavy (non-hydrogen) atoms. The fourth-order valence-corrected chi connectivity index (χ4v) is 4.62. The van der Waals surface area contributed by atoms with Crippen LogP contribution >= 0.6 is 0 Å². The van der Waals surface area contributed by atoms with Gasteiger partial charge in [0.1, 0.15) is 11.8 Å². The zero-order valence-electron chi connectivity index (χ0n) is 17.7. The van der Waals surface area contributed by atoms with E-state index in [1.165, 1.54) is 11.4 Å². The average Bonchev–Trinajstić information content (AvgIpc) is 2.70. The highest BCUT2D eigenvalue weighted by Crippen LogP contribution is 2.28. The molecule has 1 amide bonds. The van der Waals surface area contributed by atoms with E-state index in [9.17, 15) is 13.2 Å². The number of hydrogen-bond donors (Lipinski definition) is 1. The molecule has 0 aliphatic carbocycles. The summed E-state index contributed by atoms with van der Waals surface area (Å²) in [6, 6.07) is 11.8. The Hall–Kier alpha value is -2.54. The van der Waals surface area contributed by atoms with Gasteiger partial charge in [0.25, 0.3) is 0 Å². The fraction of sp³-hybridized carbons (Fsp3) is 0.409. The second kappa shape index (κ2) is 9.78. The van der Waals surface area contributed by atoms with Crippen molar-refractivity contribution in [3.05, 3.63) is 53.6 Å². The molecule has 0 aliphatic rings. The van der Waals surface area contributed by atoms with Crippen LogP contribution in [0.15, 0.2) is 42.5 Å². The highest BCUT2D eigenvalue weighted by molar-refractivity contribution is 7.92. The summed E-state index contributed by atoms with van der Waals surface area (Å²) < 4.78 is 31.7. The van der Waals surface area contributed by atoms with E-state index in [0.717, 1.165) is 35.9 Å². The Morgan fingerprint density at radius 3 is 2.14 bits per heavy atom. The number of carbonyl (C=O) groups is 1. The number of hydrogen-bond acceptors (Lipinski definition) is 4. The van der Waals surface area contributed by atoms with E-state index in [1.54, 1.807) is 31.2 Å². The zero-order valence-corrected chi connectivity index (χ0v) is 18.5. The van der Waals surface area contributed by atoms with Gasteiger partial charge in [-0.1, -0.05) is 45.0 Å². The summed E-state index contributed by atoms with van der Waals surface area (Å²) in [5.41, 5.74) is 3.23. The van der Waals surface area contributed by atoms with Crippen molar-refractivity contribution < 1.29 is 17.9 Å². The number of benzene rings is 2. The van der Waals surface area contributed by atoms with Gasteiger partial charge in [0.2, 0.25) is 15.9 Å². The highest BCUT2D eigenvalue weighted by atomic mass is 32.2. The van der Waals surface area contributed by atoms with Crippen molar-refractivity contribution in [3.8, 4) is 5.75 Å². The van der Waals surface area contributed by atoms with Crippen LogP contribution in [0.5, 0.6) is 5.75 Å². The number of carbonyl (C=O) groups excluding carboxylic acids is 1. The summed E-state index contributed by atoms with van der Waals surface area (Å²) in [7, 11) is -2.19. The van der Waals surface area contributed by atoms with Crippen LogP contribution in [0.2, 0.25) is 0 Å². The van der Waals surface area contributed by atoms with Gasteiger partial charge >= 0.3 is 0 Å². The first-order valence-electron chi connectivity index (χ1n) is 9.81. The maximum absolute atomic E-state index is 13.2. The van der Waals surface area contributed by atoms with Crippen molar-refractivity contribution in [2.24, 2.45) is 0 Å². The number of nitrogens with zero attached hydrogens (tertiary/aromatic N) is 1. The SMILES string of the molecule is CCc1cccc(CC)c1NC(=O)[C@@H](CC)N(c1cccc(OC)c1)S(C)(=O)=O. The minimum Gasteiger partial charge on any atom is -0.497 e. The number of ether oxygens (including phenoxy) is 1. The second-order valence-corrected chi connectivity index (χ2v) is 8.69. The fourth-order valence-electron chi connectivity index (χ4n) is 3.42. The number of amides is 1. The highest BCUT2D eigenvalue weighted by Gasteiger charge is 2.32. The molecule has 2 rings (SSSR count). The van der Waals surface area contributed by atoms with Crippen molar-refractivity contribution in [2.75, 3.05) is 23.0 Å². The Balaban J connectivity index is 2.47. The van der Waals surface area contributed by atoms with E-state index in [0.29, 0.717) is 17.9 Å². The lowest BCUT2D eigenvalue weighted by Gasteiger charge is -2.30. The molecule has 0 unspecified atom stereocenters. The van der Waals surface area contributed by atoms with E-state index >= 15 is 0 Å². The van der Waals surface area contributed by atoms with Gasteiger partial charge < -0.3 is 10.1 Å². The minimum absolute atomic E-state index is 0.325. The molecule has 0 saturated carbocycles. The molecule has 0 aromatic heterocycles. The quantitative estimate of drug-likeness (QED) is 0.668. The molecule has 0 saturated heterocycles. The lowest BCUT2D eigenvalue weighted by molar-refractivity contribution is -0.117. The summed E-state index contributed by atoms with van der Waals surface area (Å²) in [4.78, 5) is 13.2. The third-order valence-electron chi connectivity index (χ3n) is 4.88. The Bertz CT molecular complexity index is 935. The summed E-state index contributed by atoms with van der Waals surface area (Å²) in [6.45, 7) is 5.86. The molecule has 0 aliphatic heterocycles. The van der Waals surface area contributed by atoms with Gasteiger partial charge in [-0.05, 0) is 42.5 Å². The van der Waals surface area contributed by atoms with E-state index in [2.05, 4.69) is 5.32 Å². The van der Waals surface area contributed by atoms with Crippen LogP contribution in [-0.4, -0.2) is 33.7 Å². The topological polar surface area (TPSA) is 75.7 Å². The lowest BCUT2D eigenvalue weighted by atomic mass is 10.0. The molecule has 7 heteroatoms. The Kier molecular flexibility index (Phi) is 7.67. The molecule has 0 radical (unpaired) electrons. The number of aryl methyl sites for hydroxylation is 2. The molecule has 2 aromatic carbocycles. The number of para-hydroxylation sites is 1. The first kappa shape index (κ1) is 22.7. The van der Waals surface area contributed by atoms with Crippen LogP contribution in [0.3, 0.4) is 0 Å². The first-order valence-corrected chi connectivity index (χ1v) is 11.7. The molecule has 158 valence electrons. The summed E-state index contributed by atoms with van der Waals surface area (Å²) in [6.07, 6.45) is 2.98. The standard InChI is InChI=1S/C22H30N2O4S/c1-6-16-11-9-12-17(7-2)21(16)23-22(25)20(8-3)24(29(5,26)27)18-13-10-14-19(15-18)28-4/h9-15,20H,6-8H2,1-5H3,(H,23,25)/t20-/m1/s1. The summed E-state index contributed by atoms with van der Waals surface area (Å²) in [5, 5.41) is 3.01. The molecule has 6 nitrogen and oxygen atoms in total. The predicted octanol–water partition coefficient (Wildman–Crippen LogP) is 4.00. The smallest absolute Gasteiger partial charge is 0.248 e. The van der Waals surface area contributed by atoms with E-state index in [-0.39, 0.29) is 5.91 Å². The van der Waals surface area contributed by atoms with E-state index in [4.69, 9.17) is 4.74 Å². The molecule has 0 heterocycles. The van der Waals surface area contributed by atoms with Gasteiger partial charge in [-0.15, -0.1) is 0 Å². The molecule has 1 atom stereocenters. The monoisotopic (exact) mass is 418 g/mol. The van der Waals surface area contributed by atoms with Crippen LogP contribution in [0.25, 0.3) is 0 Å². The van der Waals surface area contributed by atoms with E-state index in [1.807, 2.05) is 32.0 Å². The van der Waals surface area contributed by atoms with Crippen molar-refractivity contribution in [3.63, 3.8) is 0 Å². The van der Waals surface area contributed by atoms with Crippen LogP contribution < -0.4 is 14.4 Å². The van der Waals surface area contributed by atoms with Gasteiger partial charge in [0.05, 0.1) is 19.1 Å². The van der Waals surface area contributed by atoms with Gasteiger partial charge in [-0.25, -0.2) is 8.42 Å². The number of nitrogens with one attached hydrogen (secondary N) is 1. The molecule has 0 bridgehead atoms. The number of anilines is 2.